The van der Waals surface area contributed by atoms with Crippen molar-refractivity contribution >= 4 is 77.7 Å². The molecule has 2 heterocycles. The number of benzene rings is 7. The van der Waals surface area contributed by atoms with Gasteiger partial charge in [0.25, 0.3) is 0 Å². The monoisotopic (exact) mass is 603 g/mol. The molecule has 0 saturated heterocycles. The van der Waals surface area contributed by atoms with Crippen molar-refractivity contribution in [2.24, 2.45) is 0 Å². The van der Waals surface area contributed by atoms with E-state index < -0.39 is 0 Å². The number of anilines is 6. The van der Waals surface area contributed by atoms with E-state index in [2.05, 4.69) is 155 Å². The van der Waals surface area contributed by atoms with Crippen LogP contribution in [-0.2, 0) is 0 Å². The number of aromatic nitrogens is 1. The van der Waals surface area contributed by atoms with Crippen LogP contribution in [0.4, 0.5) is 34.3 Å². The van der Waals surface area contributed by atoms with Crippen LogP contribution in [0.5, 0.6) is 0 Å². The van der Waals surface area contributed by atoms with Crippen molar-refractivity contribution in [2.75, 3.05) is 9.80 Å². The van der Waals surface area contributed by atoms with Gasteiger partial charge < -0.3 is 9.32 Å². The average Bonchev–Trinajstić information content (AvgIpc) is 3.50. The summed E-state index contributed by atoms with van der Waals surface area (Å²) < 4.78 is 6.22. The molecule has 47 heavy (non-hydrogen) atoms. The van der Waals surface area contributed by atoms with Crippen LogP contribution in [0.25, 0.3) is 43.5 Å². The van der Waals surface area contributed by atoms with Crippen molar-refractivity contribution < 1.29 is 4.42 Å². The van der Waals surface area contributed by atoms with Gasteiger partial charge in [-0.3, -0.25) is 4.90 Å². The van der Waals surface area contributed by atoms with Gasteiger partial charge in [-0.1, -0.05) is 84.9 Å². The molecule has 9 aromatic rings. The van der Waals surface area contributed by atoms with Crippen LogP contribution in [0.15, 0.2) is 180 Å². The lowest BCUT2D eigenvalue weighted by Gasteiger charge is -2.29. The minimum atomic E-state index is 0.846. The number of fused-ring (bicyclic) bond motifs is 6. The van der Waals surface area contributed by atoms with Gasteiger partial charge in [-0.25, -0.2) is 4.98 Å². The Labute approximate surface area is 272 Å². The summed E-state index contributed by atoms with van der Waals surface area (Å²) >= 11 is 0. The van der Waals surface area contributed by atoms with Crippen LogP contribution < -0.4 is 9.80 Å². The third kappa shape index (κ3) is 4.75. The highest BCUT2D eigenvalue weighted by atomic mass is 16.3. The second-order valence-electron chi connectivity index (χ2n) is 11.7. The first-order valence-corrected chi connectivity index (χ1v) is 15.8. The number of furan rings is 1. The lowest BCUT2D eigenvalue weighted by atomic mass is 9.99. The van der Waals surface area contributed by atoms with Crippen molar-refractivity contribution in [1.29, 1.82) is 0 Å². The molecule has 0 aliphatic heterocycles. The van der Waals surface area contributed by atoms with Crippen LogP contribution in [0.1, 0.15) is 0 Å². The number of nitrogens with zero attached hydrogens (tertiary/aromatic N) is 3. The normalized spacial score (nSPS) is 11.4. The van der Waals surface area contributed by atoms with Crippen LogP contribution in [0.3, 0.4) is 0 Å². The smallest absolute Gasteiger partial charge is 0.137 e. The van der Waals surface area contributed by atoms with E-state index in [0.717, 1.165) is 61.6 Å². The molecule has 2 aromatic heterocycles. The molecule has 4 heteroatoms. The molecule has 0 fully saturated rings. The molecule has 0 amide bonds. The summed E-state index contributed by atoms with van der Waals surface area (Å²) in [6.45, 7) is 0. The second-order valence-corrected chi connectivity index (χ2v) is 11.7. The molecule has 0 atom stereocenters. The summed E-state index contributed by atoms with van der Waals surface area (Å²) in [5, 5.41) is 6.96. The topological polar surface area (TPSA) is 32.5 Å². The summed E-state index contributed by atoms with van der Waals surface area (Å²) in [5.74, 6) is 0.846. The number of rotatable bonds is 6. The van der Waals surface area contributed by atoms with Gasteiger partial charge in [-0.15, -0.1) is 0 Å². The van der Waals surface area contributed by atoms with E-state index in [1.54, 1.807) is 0 Å². The van der Waals surface area contributed by atoms with Gasteiger partial charge in [0.05, 0.1) is 0 Å². The summed E-state index contributed by atoms with van der Waals surface area (Å²) in [4.78, 5) is 9.36. The summed E-state index contributed by atoms with van der Waals surface area (Å²) in [6, 6.07) is 59.5. The quantitative estimate of drug-likeness (QED) is 0.177. The first-order chi connectivity index (χ1) is 23.3. The second kappa shape index (κ2) is 11.2. The standard InChI is InChI=1S/C43H29N3O/c1-3-12-32(13-4-1)45(33-14-5-2-6-15-33)34-16-11-17-35(27-34)46(43-20-9-10-25-44-43)36-24-23-30-21-22-31-26-42-40(29-39(31)38(30)28-36)37-18-7-8-19-41(37)47-42/h1-29H. The molecule has 0 radical (unpaired) electrons. The Kier molecular flexibility index (Phi) is 6.43. The minimum Gasteiger partial charge on any atom is -0.456 e. The molecule has 0 N–H and O–H groups in total. The molecule has 0 saturated carbocycles. The maximum atomic E-state index is 6.22. The zero-order chi connectivity index (χ0) is 31.2. The van der Waals surface area contributed by atoms with E-state index >= 15 is 0 Å². The minimum absolute atomic E-state index is 0.846. The van der Waals surface area contributed by atoms with Crippen molar-refractivity contribution in [2.45, 2.75) is 0 Å². The maximum absolute atomic E-state index is 6.22. The predicted molar refractivity (Wildman–Crippen MR) is 196 cm³/mol. The van der Waals surface area contributed by atoms with Gasteiger partial charge in [0.2, 0.25) is 0 Å². The van der Waals surface area contributed by atoms with E-state index in [0.29, 0.717) is 0 Å². The van der Waals surface area contributed by atoms with Gasteiger partial charge in [-0.2, -0.15) is 0 Å². The Morgan fingerprint density at radius 2 is 0.979 bits per heavy atom. The average molecular weight is 604 g/mol. The van der Waals surface area contributed by atoms with E-state index in [9.17, 15) is 0 Å². The highest BCUT2D eigenvalue weighted by molar-refractivity contribution is 6.17. The Morgan fingerprint density at radius 1 is 0.362 bits per heavy atom. The SMILES string of the molecule is c1ccc(N(c2ccccc2)c2cccc(N(c3ccc4ccc5cc6oc7ccccc7c6cc5c4c3)c3ccccn3)c2)cc1. The fourth-order valence-corrected chi connectivity index (χ4v) is 6.67. The van der Waals surface area contributed by atoms with E-state index in [4.69, 9.17) is 9.40 Å². The maximum Gasteiger partial charge on any atom is 0.137 e. The van der Waals surface area contributed by atoms with E-state index in [-0.39, 0.29) is 0 Å². The van der Waals surface area contributed by atoms with Crippen LogP contribution in [0.2, 0.25) is 0 Å². The zero-order valence-electron chi connectivity index (χ0n) is 25.5. The third-order valence-electron chi connectivity index (χ3n) is 8.83. The molecule has 0 spiro atoms. The first-order valence-electron chi connectivity index (χ1n) is 15.8. The van der Waals surface area contributed by atoms with Gasteiger partial charge in [0.1, 0.15) is 17.0 Å². The van der Waals surface area contributed by atoms with Gasteiger partial charge >= 0.3 is 0 Å². The summed E-state index contributed by atoms with van der Waals surface area (Å²) in [5.41, 5.74) is 7.10. The Hall–Kier alpha value is -6.39. The molecule has 9 rings (SSSR count). The van der Waals surface area contributed by atoms with Crippen molar-refractivity contribution in [3.63, 3.8) is 0 Å². The summed E-state index contributed by atoms with van der Waals surface area (Å²) in [6.07, 6.45) is 1.85. The molecule has 222 valence electrons. The zero-order valence-corrected chi connectivity index (χ0v) is 25.5. The molecular weight excluding hydrogens is 574 g/mol. The number of hydrogen-bond acceptors (Lipinski definition) is 4. The summed E-state index contributed by atoms with van der Waals surface area (Å²) in [7, 11) is 0. The predicted octanol–water partition coefficient (Wildman–Crippen LogP) is 12.2. The fourth-order valence-electron chi connectivity index (χ4n) is 6.67. The molecule has 7 aromatic carbocycles. The van der Waals surface area contributed by atoms with Crippen molar-refractivity contribution in [3.05, 3.63) is 176 Å². The third-order valence-corrected chi connectivity index (χ3v) is 8.83. The van der Waals surface area contributed by atoms with Crippen LogP contribution >= 0.6 is 0 Å². The van der Waals surface area contributed by atoms with Crippen molar-refractivity contribution in [3.8, 4) is 0 Å². The highest BCUT2D eigenvalue weighted by Gasteiger charge is 2.19. The number of pyridine rings is 1. The fraction of sp³-hybridized carbons (Fsp3) is 0. The Bertz CT molecular complexity index is 2490. The number of para-hydroxylation sites is 3. The van der Waals surface area contributed by atoms with E-state index in [1.165, 1.54) is 16.2 Å². The molecule has 0 aliphatic rings. The van der Waals surface area contributed by atoms with Gasteiger partial charge in [0, 0.05) is 45.4 Å². The Morgan fingerprint density at radius 3 is 1.74 bits per heavy atom. The van der Waals surface area contributed by atoms with Crippen LogP contribution in [-0.4, -0.2) is 4.98 Å². The molecule has 4 nitrogen and oxygen atoms in total. The first kappa shape index (κ1) is 27.0. The van der Waals surface area contributed by atoms with Gasteiger partial charge in [-0.05, 0) is 106 Å². The molecule has 0 bridgehead atoms. The van der Waals surface area contributed by atoms with E-state index in [1.807, 2.05) is 30.5 Å². The van der Waals surface area contributed by atoms with Crippen LogP contribution in [0, 0.1) is 0 Å². The molecule has 0 aliphatic carbocycles. The van der Waals surface area contributed by atoms with Crippen molar-refractivity contribution in [1.82, 2.24) is 4.98 Å². The number of hydrogen-bond donors (Lipinski definition) is 0. The lowest BCUT2D eigenvalue weighted by Crippen LogP contribution is -2.13. The Balaban J connectivity index is 1.24. The molecule has 0 unspecified atom stereocenters. The lowest BCUT2D eigenvalue weighted by molar-refractivity contribution is 0.669. The largest absolute Gasteiger partial charge is 0.456 e. The van der Waals surface area contributed by atoms with Gasteiger partial charge in [0.15, 0.2) is 0 Å². The molecular formula is C43H29N3O. The highest BCUT2D eigenvalue weighted by Crippen LogP contribution is 2.42.